The summed E-state index contributed by atoms with van der Waals surface area (Å²) in [7, 11) is 0. The van der Waals surface area contributed by atoms with Gasteiger partial charge in [0.1, 0.15) is 10.9 Å². The molecule has 0 spiro atoms. The lowest BCUT2D eigenvalue weighted by Gasteiger charge is -1.96. The first kappa shape index (κ1) is 10.2. The molecule has 2 N–H and O–H groups in total. The lowest BCUT2D eigenvalue weighted by atomic mass is 10.2. The molecule has 0 bridgehead atoms. The van der Waals surface area contributed by atoms with Crippen molar-refractivity contribution in [2.24, 2.45) is 0 Å². The molecule has 0 aliphatic heterocycles. The molecule has 4 heteroatoms. The summed E-state index contributed by atoms with van der Waals surface area (Å²) in [5, 5.41) is 8.80. The van der Waals surface area contributed by atoms with E-state index in [1.165, 1.54) is 11.3 Å². The molecule has 74 valence electrons. The lowest BCUT2D eigenvalue weighted by Crippen LogP contribution is -1.81. The minimum atomic E-state index is 0.556. The molecule has 0 fully saturated rings. The topological polar surface area (TPSA) is 49.8 Å². The average Bonchev–Trinajstić information content (AvgIpc) is 2.61. The van der Waals surface area contributed by atoms with E-state index in [2.05, 4.69) is 22.0 Å². The number of benzene rings is 1. The van der Waals surface area contributed by atoms with Crippen LogP contribution < -0.4 is 5.73 Å². The first-order valence-electron chi connectivity index (χ1n) is 4.26. The van der Waals surface area contributed by atoms with Crippen LogP contribution >= 0.6 is 27.3 Å². The fourth-order valence-electron chi connectivity index (χ4n) is 1.25. The first-order chi connectivity index (χ1) is 7.20. The van der Waals surface area contributed by atoms with E-state index in [9.17, 15) is 0 Å². The summed E-state index contributed by atoms with van der Waals surface area (Å²) in [4.78, 5) is 1.60. The summed E-state index contributed by atoms with van der Waals surface area (Å²) in [5.41, 5.74) is 7.33. The lowest BCUT2D eigenvalue weighted by molar-refractivity contribution is 1.52. The zero-order chi connectivity index (χ0) is 10.8. The van der Waals surface area contributed by atoms with Crippen molar-refractivity contribution in [2.75, 3.05) is 5.73 Å². The molecule has 0 unspecified atom stereocenters. The van der Waals surface area contributed by atoms with Crippen molar-refractivity contribution < 1.29 is 0 Å². The van der Waals surface area contributed by atoms with Crippen LogP contribution in [0.25, 0.3) is 10.4 Å². The van der Waals surface area contributed by atoms with Crippen molar-refractivity contribution in [3.05, 3.63) is 39.7 Å². The van der Waals surface area contributed by atoms with Crippen LogP contribution in [0.2, 0.25) is 0 Å². The van der Waals surface area contributed by atoms with Crippen molar-refractivity contribution in [1.82, 2.24) is 0 Å². The van der Waals surface area contributed by atoms with Crippen molar-refractivity contribution in [1.29, 1.82) is 5.26 Å². The first-order valence-corrected chi connectivity index (χ1v) is 5.87. The monoisotopic (exact) mass is 278 g/mol. The van der Waals surface area contributed by atoms with E-state index in [4.69, 9.17) is 11.0 Å². The third kappa shape index (κ3) is 2.04. The molecule has 1 aromatic heterocycles. The molecule has 0 aliphatic carbocycles. The van der Waals surface area contributed by atoms with E-state index in [1.54, 1.807) is 0 Å². The molecule has 2 nitrogen and oxygen atoms in total. The number of nitriles is 1. The zero-order valence-corrected chi connectivity index (χ0v) is 10.1. The smallest absolute Gasteiger partial charge is 0.128 e. The zero-order valence-electron chi connectivity index (χ0n) is 7.70. The van der Waals surface area contributed by atoms with Gasteiger partial charge >= 0.3 is 0 Å². The fourth-order valence-corrected chi connectivity index (χ4v) is 2.40. The van der Waals surface area contributed by atoms with E-state index in [-0.39, 0.29) is 0 Å². The van der Waals surface area contributed by atoms with E-state index in [0.29, 0.717) is 10.6 Å². The number of nitrogens with two attached hydrogens (primary N) is 1. The SMILES string of the molecule is N#Cc1sc(-c2ccc(Br)cc2)cc1N. The van der Waals surface area contributed by atoms with Crippen molar-refractivity contribution in [3.63, 3.8) is 0 Å². The summed E-state index contributed by atoms with van der Waals surface area (Å²) in [6.07, 6.45) is 0. The summed E-state index contributed by atoms with van der Waals surface area (Å²) in [6.45, 7) is 0. The summed E-state index contributed by atoms with van der Waals surface area (Å²) in [5.74, 6) is 0. The van der Waals surface area contributed by atoms with Gasteiger partial charge in [-0.05, 0) is 23.8 Å². The number of anilines is 1. The highest BCUT2D eigenvalue weighted by Gasteiger charge is 2.06. The van der Waals surface area contributed by atoms with Crippen LogP contribution in [0.5, 0.6) is 0 Å². The highest BCUT2D eigenvalue weighted by atomic mass is 79.9. The Morgan fingerprint density at radius 2 is 1.93 bits per heavy atom. The number of nitrogens with zero attached hydrogens (tertiary/aromatic N) is 1. The van der Waals surface area contributed by atoms with Crippen LogP contribution in [-0.4, -0.2) is 0 Å². The van der Waals surface area contributed by atoms with Gasteiger partial charge in [-0.1, -0.05) is 28.1 Å². The molecule has 0 saturated heterocycles. The summed E-state index contributed by atoms with van der Waals surface area (Å²) in [6, 6.07) is 11.9. The number of hydrogen-bond acceptors (Lipinski definition) is 3. The Balaban J connectivity index is 2.46. The van der Waals surface area contributed by atoms with Crippen molar-refractivity contribution >= 4 is 33.0 Å². The molecule has 0 saturated carbocycles. The van der Waals surface area contributed by atoms with Crippen LogP contribution in [0.1, 0.15) is 4.88 Å². The molecule has 1 aromatic carbocycles. The molecule has 1 heterocycles. The van der Waals surface area contributed by atoms with Crippen LogP contribution in [-0.2, 0) is 0 Å². The van der Waals surface area contributed by atoms with E-state index in [1.807, 2.05) is 30.3 Å². The van der Waals surface area contributed by atoms with Crippen LogP contribution in [0.15, 0.2) is 34.8 Å². The van der Waals surface area contributed by atoms with Gasteiger partial charge < -0.3 is 5.73 Å². The molecule has 15 heavy (non-hydrogen) atoms. The van der Waals surface area contributed by atoms with Gasteiger partial charge in [-0.25, -0.2) is 0 Å². The number of halogens is 1. The standard InChI is InChI=1S/C11H7BrN2S/c12-8-3-1-7(2-4-8)10-5-9(14)11(6-13)15-10/h1-5H,14H2. The quantitative estimate of drug-likeness (QED) is 0.866. The summed E-state index contributed by atoms with van der Waals surface area (Å²) < 4.78 is 1.04. The average molecular weight is 279 g/mol. The molecule has 2 rings (SSSR count). The number of nitrogen functional groups attached to an aromatic ring is 1. The van der Waals surface area contributed by atoms with Crippen LogP contribution in [0.3, 0.4) is 0 Å². The van der Waals surface area contributed by atoms with E-state index >= 15 is 0 Å². The maximum Gasteiger partial charge on any atom is 0.128 e. The molecular weight excluding hydrogens is 272 g/mol. The molecule has 0 amide bonds. The fraction of sp³-hybridized carbons (Fsp3) is 0. The highest BCUT2D eigenvalue weighted by molar-refractivity contribution is 9.10. The van der Waals surface area contributed by atoms with Gasteiger partial charge in [-0.2, -0.15) is 5.26 Å². The Bertz CT molecular complexity index is 523. The Morgan fingerprint density at radius 3 is 2.47 bits per heavy atom. The van der Waals surface area contributed by atoms with E-state index < -0.39 is 0 Å². The largest absolute Gasteiger partial charge is 0.397 e. The second-order valence-electron chi connectivity index (χ2n) is 3.01. The van der Waals surface area contributed by atoms with Gasteiger partial charge in [0.2, 0.25) is 0 Å². The van der Waals surface area contributed by atoms with Gasteiger partial charge in [-0.15, -0.1) is 11.3 Å². The van der Waals surface area contributed by atoms with Crippen LogP contribution in [0.4, 0.5) is 5.69 Å². The van der Waals surface area contributed by atoms with Crippen molar-refractivity contribution in [2.45, 2.75) is 0 Å². The minimum absolute atomic E-state index is 0.556. The Labute approximate surface area is 100 Å². The predicted molar refractivity (Wildman–Crippen MR) is 66.6 cm³/mol. The molecule has 0 radical (unpaired) electrons. The number of rotatable bonds is 1. The predicted octanol–water partition coefficient (Wildman–Crippen LogP) is 3.63. The Hall–Kier alpha value is -1.31. The molecule has 2 aromatic rings. The second-order valence-corrected chi connectivity index (χ2v) is 4.98. The van der Waals surface area contributed by atoms with Crippen molar-refractivity contribution in [3.8, 4) is 16.5 Å². The maximum absolute atomic E-state index is 8.80. The Morgan fingerprint density at radius 1 is 1.27 bits per heavy atom. The molecule has 0 atom stereocenters. The normalized spacial score (nSPS) is 9.87. The second kappa shape index (κ2) is 4.05. The van der Waals surface area contributed by atoms with Gasteiger partial charge in [-0.3, -0.25) is 0 Å². The van der Waals surface area contributed by atoms with Crippen LogP contribution in [0, 0.1) is 11.3 Å². The van der Waals surface area contributed by atoms with E-state index in [0.717, 1.165) is 14.9 Å². The molecular formula is C11H7BrN2S. The third-order valence-corrected chi connectivity index (χ3v) is 3.62. The van der Waals surface area contributed by atoms with Gasteiger partial charge in [0.25, 0.3) is 0 Å². The highest BCUT2D eigenvalue weighted by Crippen LogP contribution is 2.33. The van der Waals surface area contributed by atoms with Gasteiger partial charge in [0, 0.05) is 9.35 Å². The molecule has 0 aliphatic rings. The Kier molecular flexibility index (Phi) is 2.76. The minimum Gasteiger partial charge on any atom is -0.397 e. The summed E-state index contributed by atoms with van der Waals surface area (Å²) >= 11 is 4.79. The maximum atomic E-state index is 8.80. The number of hydrogen-bond donors (Lipinski definition) is 1. The third-order valence-electron chi connectivity index (χ3n) is 1.99. The van der Waals surface area contributed by atoms with Gasteiger partial charge in [0.05, 0.1) is 5.69 Å². The number of thiophene rings is 1. The van der Waals surface area contributed by atoms with Gasteiger partial charge in [0.15, 0.2) is 0 Å².